The van der Waals surface area contributed by atoms with Gasteiger partial charge in [-0.3, -0.25) is 0 Å². The van der Waals surface area contributed by atoms with Gasteiger partial charge in [-0.25, -0.2) is 0 Å². The lowest BCUT2D eigenvalue weighted by atomic mass is 10.0. The molecule has 12 heavy (non-hydrogen) atoms. The SMILES string of the molecule is Cc1ccc2c(c1N)CC[C@@H]2N. The summed E-state index contributed by atoms with van der Waals surface area (Å²) in [4.78, 5) is 0. The summed E-state index contributed by atoms with van der Waals surface area (Å²) in [6.07, 6.45) is 2.09. The van der Waals surface area contributed by atoms with Crippen molar-refractivity contribution >= 4 is 5.69 Å². The second-order valence-electron chi connectivity index (χ2n) is 3.51. The van der Waals surface area contributed by atoms with Crippen molar-refractivity contribution in [3.8, 4) is 0 Å². The van der Waals surface area contributed by atoms with E-state index in [1.165, 1.54) is 16.7 Å². The van der Waals surface area contributed by atoms with Gasteiger partial charge in [-0.05, 0) is 36.5 Å². The van der Waals surface area contributed by atoms with Gasteiger partial charge in [0.1, 0.15) is 0 Å². The van der Waals surface area contributed by atoms with E-state index in [1.54, 1.807) is 0 Å². The van der Waals surface area contributed by atoms with E-state index in [1.807, 2.05) is 6.92 Å². The van der Waals surface area contributed by atoms with Crippen molar-refractivity contribution in [2.75, 3.05) is 5.73 Å². The Morgan fingerprint density at radius 2 is 2.17 bits per heavy atom. The van der Waals surface area contributed by atoms with Gasteiger partial charge in [-0.1, -0.05) is 12.1 Å². The number of benzene rings is 1. The molecule has 0 fully saturated rings. The van der Waals surface area contributed by atoms with E-state index in [-0.39, 0.29) is 6.04 Å². The van der Waals surface area contributed by atoms with Crippen molar-refractivity contribution in [2.45, 2.75) is 25.8 Å². The lowest BCUT2D eigenvalue weighted by molar-refractivity contribution is 0.713. The molecule has 0 saturated carbocycles. The minimum atomic E-state index is 0.211. The van der Waals surface area contributed by atoms with Gasteiger partial charge in [0, 0.05) is 11.7 Å². The first kappa shape index (κ1) is 7.62. The summed E-state index contributed by atoms with van der Waals surface area (Å²) in [7, 11) is 0. The van der Waals surface area contributed by atoms with E-state index in [9.17, 15) is 0 Å². The molecular formula is C10H14N2. The smallest absolute Gasteiger partial charge is 0.0379 e. The molecule has 1 atom stereocenters. The molecule has 2 heteroatoms. The fraction of sp³-hybridized carbons (Fsp3) is 0.400. The fourth-order valence-electron chi connectivity index (χ4n) is 1.88. The Bertz CT molecular complexity index is 318. The van der Waals surface area contributed by atoms with Crippen LogP contribution in [0.15, 0.2) is 12.1 Å². The molecule has 0 bridgehead atoms. The van der Waals surface area contributed by atoms with Crippen molar-refractivity contribution in [3.05, 3.63) is 28.8 Å². The van der Waals surface area contributed by atoms with Crippen LogP contribution in [0.4, 0.5) is 5.69 Å². The summed E-state index contributed by atoms with van der Waals surface area (Å²) in [5.74, 6) is 0. The number of hydrogen-bond acceptors (Lipinski definition) is 2. The molecule has 1 aromatic carbocycles. The molecule has 0 saturated heterocycles. The number of nitrogen functional groups attached to an aromatic ring is 1. The van der Waals surface area contributed by atoms with Gasteiger partial charge in [0.15, 0.2) is 0 Å². The van der Waals surface area contributed by atoms with Crippen LogP contribution < -0.4 is 11.5 Å². The number of nitrogens with two attached hydrogens (primary N) is 2. The number of anilines is 1. The molecule has 1 aliphatic carbocycles. The maximum atomic E-state index is 5.94. The third-order valence-corrected chi connectivity index (χ3v) is 2.72. The molecule has 0 amide bonds. The van der Waals surface area contributed by atoms with E-state index < -0.39 is 0 Å². The van der Waals surface area contributed by atoms with Crippen LogP contribution in [-0.4, -0.2) is 0 Å². The minimum Gasteiger partial charge on any atom is -0.398 e. The first-order valence-electron chi connectivity index (χ1n) is 4.33. The highest BCUT2D eigenvalue weighted by atomic mass is 14.7. The van der Waals surface area contributed by atoms with Crippen LogP contribution >= 0.6 is 0 Å². The van der Waals surface area contributed by atoms with Crippen LogP contribution in [0, 0.1) is 6.92 Å². The van der Waals surface area contributed by atoms with Crippen LogP contribution in [-0.2, 0) is 6.42 Å². The van der Waals surface area contributed by atoms with Gasteiger partial charge in [0.2, 0.25) is 0 Å². The Morgan fingerprint density at radius 3 is 2.92 bits per heavy atom. The quantitative estimate of drug-likeness (QED) is 0.568. The molecule has 0 heterocycles. The number of hydrogen-bond donors (Lipinski definition) is 2. The summed E-state index contributed by atoms with van der Waals surface area (Å²) in [5, 5.41) is 0. The predicted molar refractivity (Wildman–Crippen MR) is 50.8 cm³/mol. The van der Waals surface area contributed by atoms with Crippen LogP contribution in [0.3, 0.4) is 0 Å². The highest BCUT2D eigenvalue weighted by molar-refractivity contribution is 5.59. The molecule has 0 unspecified atom stereocenters. The van der Waals surface area contributed by atoms with Gasteiger partial charge in [0.05, 0.1) is 0 Å². The summed E-state index contributed by atoms with van der Waals surface area (Å²) in [5.41, 5.74) is 16.5. The molecule has 64 valence electrons. The zero-order valence-corrected chi connectivity index (χ0v) is 7.30. The van der Waals surface area contributed by atoms with Gasteiger partial charge in [-0.15, -0.1) is 0 Å². The van der Waals surface area contributed by atoms with Crippen LogP contribution in [0.5, 0.6) is 0 Å². The van der Waals surface area contributed by atoms with E-state index in [0.717, 1.165) is 18.5 Å². The summed E-state index contributed by atoms with van der Waals surface area (Å²) < 4.78 is 0. The second-order valence-corrected chi connectivity index (χ2v) is 3.51. The topological polar surface area (TPSA) is 52.0 Å². The summed E-state index contributed by atoms with van der Waals surface area (Å²) in [6, 6.07) is 4.38. The molecule has 0 spiro atoms. The number of rotatable bonds is 0. The van der Waals surface area contributed by atoms with Gasteiger partial charge in [0.25, 0.3) is 0 Å². The third kappa shape index (κ3) is 0.916. The largest absolute Gasteiger partial charge is 0.398 e. The first-order valence-corrected chi connectivity index (χ1v) is 4.33. The van der Waals surface area contributed by atoms with Crippen molar-refractivity contribution in [1.29, 1.82) is 0 Å². The second kappa shape index (κ2) is 2.49. The monoisotopic (exact) mass is 162 g/mol. The normalized spacial score (nSPS) is 21.0. The van der Waals surface area contributed by atoms with E-state index >= 15 is 0 Å². The Kier molecular flexibility index (Phi) is 1.58. The minimum absolute atomic E-state index is 0.211. The first-order chi connectivity index (χ1) is 5.70. The zero-order chi connectivity index (χ0) is 8.72. The predicted octanol–water partition coefficient (Wildman–Crippen LogP) is 1.52. The fourth-order valence-corrected chi connectivity index (χ4v) is 1.88. The Hall–Kier alpha value is -1.02. The average molecular weight is 162 g/mol. The van der Waals surface area contributed by atoms with Crippen molar-refractivity contribution in [3.63, 3.8) is 0 Å². The number of fused-ring (bicyclic) bond motifs is 1. The lowest BCUT2D eigenvalue weighted by Gasteiger charge is -2.08. The zero-order valence-electron chi connectivity index (χ0n) is 7.30. The molecule has 4 N–H and O–H groups in total. The molecule has 0 radical (unpaired) electrons. The molecule has 2 rings (SSSR count). The maximum Gasteiger partial charge on any atom is 0.0379 e. The maximum absolute atomic E-state index is 5.94. The molecule has 0 aliphatic heterocycles. The molecular weight excluding hydrogens is 148 g/mol. The highest BCUT2D eigenvalue weighted by Crippen LogP contribution is 2.34. The molecule has 1 aromatic rings. The molecule has 1 aliphatic rings. The average Bonchev–Trinajstić information content (AvgIpc) is 2.41. The lowest BCUT2D eigenvalue weighted by Crippen LogP contribution is -2.05. The van der Waals surface area contributed by atoms with Crippen LogP contribution in [0.1, 0.15) is 29.2 Å². The summed E-state index contributed by atoms with van der Waals surface area (Å²) in [6.45, 7) is 2.04. The van der Waals surface area contributed by atoms with Crippen molar-refractivity contribution in [1.82, 2.24) is 0 Å². The molecule has 2 nitrogen and oxygen atoms in total. The van der Waals surface area contributed by atoms with Gasteiger partial charge >= 0.3 is 0 Å². The van der Waals surface area contributed by atoms with Crippen LogP contribution in [0.2, 0.25) is 0 Å². The van der Waals surface area contributed by atoms with Crippen molar-refractivity contribution in [2.24, 2.45) is 5.73 Å². The van der Waals surface area contributed by atoms with E-state index in [2.05, 4.69) is 12.1 Å². The standard InChI is InChI=1S/C10H14N2/c1-6-2-3-7-8(10(6)12)4-5-9(7)11/h2-3,9H,4-5,11-12H2,1H3/t9-/m0/s1. The number of aryl methyl sites for hydroxylation is 1. The van der Waals surface area contributed by atoms with E-state index in [4.69, 9.17) is 11.5 Å². The highest BCUT2D eigenvalue weighted by Gasteiger charge is 2.21. The Balaban J connectivity index is 2.60. The van der Waals surface area contributed by atoms with Gasteiger partial charge in [-0.2, -0.15) is 0 Å². The summed E-state index contributed by atoms with van der Waals surface area (Å²) >= 11 is 0. The van der Waals surface area contributed by atoms with Crippen LogP contribution in [0.25, 0.3) is 0 Å². The Labute approximate surface area is 72.6 Å². The third-order valence-electron chi connectivity index (χ3n) is 2.72. The van der Waals surface area contributed by atoms with Gasteiger partial charge < -0.3 is 11.5 Å². The van der Waals surface area contributed by atoms with E-state index in [0.29, 0.717) is 0 Å². The molecule has 0 aromatic heterocycles. The Morgan fingerprint density at radius 1 is 1.42 bits per heavy atom. The van der Waals surface area contributed by atoms with Crippen molar-refractivity contribution < 1.29 is 0 Å².